The van der Waals surface area contributed by atoms with Gasteiger partial charge >= 0.3 is 12.4 Å². The summed E-state index contributed by atoms with van der Waals surface area (Å²) in [6.07, 6.45) is -7.16. The Hall–Kier alpha value is -2.92. The molecule has 1 fully saturated rings. The van der Waals surface area contributed by atoms with Crippen LogP contribution in [-0.4, -0.2) is 46.7 Å². The van der Waals surface area contributed by atoms with Crippen LogP contribution in [0.5, 0.6) is 0 Å². The van der Waals surface area contributed by atoms with E-state index in [0.29, 0.717) is 19.4 Å². The van der Waals surface area contributed by atoms with Gasteiger partial charge in [0.15, 0.2) is 11.5 Å². The topological polar surface area (TPSA) is 71.0 Å². The van der Waals surface area contributed by atoms with Crippen LogP contribution in [0.3, 0.4) is 0 Å². The number of nitrogens with zero attached hydrogens (tertiary/aromatic N) is 4. The fraction of sp³-hybridized carbons (Fsp3) is 0.444. The Kier molecular flexibility index (Phi) is 6.13. The predicted molar refractivity (Wildman–Crippen MR) is 94.3 cm³/mol. The minimum atomic E-state index is -4.74. The number of nitrogens with one attached hydrogen (secondary N) is 1. The first-order valence-corrected chi connectivity index (χ1v) is 9.00. The largest absolute Gasteiger partial charge is 0.433 e. The maximum atomic E-state index is 13.3. The van der Waals surface area contributed by atoms with E-state index in [4.69, 9.17) is 0 Å². The lowest BCUT2D eigenvalue weighted by molar-refractivity contribution is -0.141. The maximum Gasteiger partial charge on any atom is 0.433 e. The number of piperidine rings is 1. The molecule has 30 heavy (non-hydrogen) atoms. The summed E-state index contributed by atoms with van der Waals surface area (Å²) in [5.74, 6) is -1.90. The van der Waals surface area contributed by atoms with Gasteiger partial charge in [-0.3, -0.25) is 9.78 Å². The molecule has 1 atom stereocenters. The molecule has 3 rings (SSSR count). The van der Waals surface area contributed by atoms with Gasteiger partial charge in [-0.1, -0.05) is 6.07 Å². The van der Waals surface area contributed by atoms with Gasteiger partial charge in [0.2, 0.25) is 5.91 Å². The van der Waals surface area contributed by atoms with Crippen molar-refractivity contribution in [3.63, 3.8) is 0 Å². The Morgan fingerprint density at radius 3 is 2.57 bits per heavy atom. The van der Waals surface area contributed by atoms with Gasteiger partial charge in [0, 0.05) is 25.4 Å². The molecule has 1 unspecified atom stereocenters. The standard InChI is InChI=1S/C18H17F6N5O/c19-17(20,21)10-26-16(30)11-4-3-7-29(9-11)14-8-13(18(22,23)24)27-15(28-14)12-5-1-2-6-25-12/h1-2,5-6,8,11H,3-4,7,9-10H2,(H,26,30). The molecular formula is C18H17F6N5O. The van der Waals surface area contributed by atoms with Crippen LogP contribution in [0.25, 0.3) is 11.5 Å². The number of aromatic nitrogens is 3. The third-order valence-corrected chi connectivity index (χ3v) is 4.48. The lowest BCUT2D eigenvalue weighted by Gasteiger charge is -2.33. The highest BCUT2D eigenvalue weighted by Gasteiger charge is 2.36. The molecule has 0 aliphatic carbocycles. The number of halogens is 6. The van der Waals surface area contributed by atoms with Crippen molar-refractivity contribution in [3.05, 3.63) is 36.2 Å². The van der Waals surface area contributed by atoms with Crippen LogP contribution in [-0.2, 0) is 11.0 Å². The number of hydrogen-bond donors (Lipinski definition) is 1. The van der Waals surface area contributed by atoms with Gasteiger partial charge in [0.1, 0.15) is 18.1 Å². The van der Waals surface area contributed by atoms with Gasteiger partial charge in [-0.05, 0) is 25.0 Å². The summed E-state index contributed by atoms with van der Waals surface area (Å²) in [5, 5.41) is 1.82. The summed E-state index contributed by atoms with van der Waals surface area (Å²) in [5.41, 5.74) is -1.03. The van der Waals surface area contributed by atoms with E-state index < -0.39 is 36.4 Å². The van der Waals surface area contributed by atoms with Crippen LogP contribution >= 0.6 is 0 Å². The van der Waals surface area contributed by atoms with Crippen molar-refractivity contribution in [2.24, 2.45) is 5.92 Å². The predicted octanol–water partition coefficient (Wildman–Crippen LogP) is 3.45. The van der Waals surface area contributed by atoms with Gasteiger partial charge < -0.3 is 10.2 Å². The van der Waals surface area contributed by atoms with Gasteiger partial charge in [-0.15, -0.1) is 0 Å². The SMILES string of the molecule is O=C(NCC(F)(F)F)C1CCCN(c2cc(C(F)(F)F)nc(-c3ccccn3)n2)C1. The second-order valence-corrected chi connectivity index (χ2v) is 6.77. The highest BCUT2D eigenvalue weighted by Crippen LogP contribution is 2.32. The zero-order valence-corrected chi connectivity index (χ0v) is 15.5. The van der Waals surface area contributed by atoms with E-state index in [1.165, 1.54) is 17.2 Å². The molecular weight excluding hydrogens is 416 g/mol. The van der Waals surface area contributed by atoms with Crippen molar-refractivity contribution in [1.82, 2.24) is 20.3 Å². The molecule has 1 aliphatic heterocycles. The molecule has 0 bridgehead atoms. The number of carbonyl (C=O) groups is 1. The minimum absolute atomic E-state index is 0.0559. The highest BCUT2D eigenvalue weighted by atomic mass is 19.4. The first-order valence-electron chi connectivity index (χ1n) is 9.00. The first-order chi connectivity index (χ1) is 14.0. The number of alkyl halides is 6. The van der Waals surface area contributed by atoms with Crippen LogP contribution in [0.2, 0.25) is 0 Å². The first kappa shape index (κ1) is 21.8. The average Bonchev–Trinajstić information content (AvgIpc) is 2.71. The number of amides is 1. The van der Waals surface area contributed by atoms with Crippen molar-refractivity contribution in [2.75, 3.05) is 24.5 Å². The molecule has 0 saturated carbocycles. The zero-order chi connectivity index (χ0) is 21.9. The van der Waals surface area contributed by atoms with Crippen molar-refractivity contribution in [1.29, 1.82) is 0 Å². The summed E-state index contributed by atoms with van der Waals surface area (Å²) in [6, 6.07) is 5.39. The van der Waals surface area contributed by atoms with Gasteiger partial charge in [0.25, 0.3) is 0 Å². The van der Waals surface area contributed by atoms with E-state index in [9.17, 15) is 31.1 Å². The van der Waals surface area contributed by atoms with E-state index in [1.807, 2.05) is 5.32 Å². The molecule has 12 heteroatoms. The number of pyridine rings is 1. The fourth-order valence-electron chi connectivity index (χ4n) is 3.08. The molecule has 2 aromatic rings. The maximum absolute atomic E-state index is 13.3. The highest BCUT2D eigenvalue weighted by molar-refractivity contribution is 5.79. The summed E-state index contributed by atoms with van der Waals surface area (Å²) in [6.45, 7) is -1.21. The number of carbonyl (C=O) groups excluding carboxylic acids is 1. The molecule has 1 saturated heterocycles. The molecule has 2 aromatic heterocycles. The molecule has 0 aromatic carbocycles. The molecule has 1 amide bonds. The van der Waals surface area contributed by atoms with Crippen LogP contribution in [0.4, 0.5) is 32.2 Å². The Balaban J connectivity index is 1.86. The van der Waals surface area contributed by atoms with E-state index in [2.05, 4.69) is 15.0 Å². The molecule has 3 heterocycles. The van der Waals surface area contributed by atoms with E-state index in [1.54, 1.807) is 12.1 Å². The van der Waals surface area contributed by atoms with Crippen molar-refractivity contribution in [3.8, 4) is 11.5 Å². The quantitative estimate of drug-likeness (QED) is 0.748. The third kappa shape index (κ3) is 5.57. The number of hydrogen-bond acceptors (Lipinski definition) is 5. The summed E-state index contributed by atoms with van der Waals surface area (Å²) in [7, 11) is 0. The van der Waals surface area contributed by atoms with E-state index in [-0.39, 0.29) is 23.9 Å². The average molecular weight is 433 g/mol. The molecule has 0 radical (unpaired) electrons. The Morgan fingerprint density at radius 2 is 1.93 bits per heavy atom. The molecule has 0 spiro atoms. The van der Waals surface area contributed by atoms with Crippen LogP contribution < -0.4 is 10.2 Å². The Labute approximate surface area is 167 Å². The lowest BCUT2D eigenvalue weighted by atomic mass is 9.97. The summed E-state index contributed by atoms with van der Waals surface area (Å²) < 4.78 is 77.0. The molecule has 1 aliphatic rings. The molecule has 1 N–H and O–H groups in total. The summed E-state index contributed by atoms with van der Waals surface area (Å²) in [4.78, 5) is 25.2. The Bertz CT molecular complexity index is 887. The van der Waals surface area contributed by atoms with Crippen LogP contribution in [0, 0.1) is 5.92 Å². The zero-order valence-electron chi connectivity index (χ0n) is 15.5. The molecule has 6 nitrogen and oxygen atoms in total. The van der Waals surface area contributed by atoms with Crippen LogP contribution in [0.15, 0.2) is 30.5 Å². The van der Waals surface area contributed by atoms with Gasteiger partial charge in [-0.25, -0.2) is 9.97 Å². The normalized spacial score (nSPS) is 17.7. The fourth-order valence-corrected chi connectivity index (χ4v) is 3.08. The van der Waals surface area contributed by atoms with E-state index >= 15 is 0 Å². The monoisotopic (exact) mass is 433 g/mol. The van der Waals surface area contributed by atoms with Gasteiger partial charge in [-0.2, -0.15) is 26.3 Å². The summed E-state index contributed by atoms with van der Waals surface area (Å²) >= 11 is 0. The minimum Gasteiger partial charge on any atom is -0.356 e. The van der Waals surface area contributed by atoms with Gasteiger partial charge in [0.05, 0.1) is 5.92 Å². The smallest absolute Gasteiger partial charge is 0.356 e. The number of anilines is 1. The van der Waals surface area contributed by atoms with Crippen molar-refractivity contribution >= 4 is 11.7 Å². The molecule has 162 valence electrons. The number of rotatable bonds is 4. The lowest BCUT2D eigenvalue weighted by Crippen LogP contribution is -2.45. The van der Waals surface area contributed by atoms with E-state index in [0.717, 1.165) is 6.07 Å². The second kappa shape index (κ2) is 8.44. The second-order valence-electron chi connectivity index (χ2n) is 6.77. The van der Waals surface area contributed by atoms with Crippen molar-refractivity contribution < 1.29 is 31.1 Å². The van der Waals surface area contributed by atoms with Crippen LogP contribution in [0.1, 0.15) is 18.5 Å². The van der Waals surface area contributed by atoms with Crippen molar-refractivity contribution in [2.45, 2.75) is 25.2 Å². The Morgan fingerprint density at radius 1 is 1.17 bits per heavy atom. The third-order valence-electron chi connectivity index (χ3n) is 4.48.